The number of carbonyl (C=O) groups is 2. The van der Waals surface area contributed by atoms with Crippen LogP contribution in [0.3, 0.4) is 0 Å². The van der Waals surface area contributed by atoms with Crippen molar-refractivity contribution in [3.63, 3.8) is 0 Å². The zero-order chi connectivity index (χ0) is 15.9. The lowest BCUT2D eigenvalue weighted by Gasteiger charge is -2.12. The molecule has 0 radical (unpaired) electrons. The van der Waals surface area contributed by atoms with Gasteiger partial charge in [-0.25, -0.2) is 0 Å². The van der Waals surface area contributed by atoms with Gasteiger partial charge in [0, 0.05) is 13.8 Å². The van der Waals surface area contributed by atoms with Gasteiger partial charge in [-0.3, -0.25) is 9.59 Å². The van der Waals surface area contributed by atoms with Gasteiger partial charge in [-0.1, -0.05) is 30.1 Å². The smallest absolute Gasteiger partial charge is 0.303 e. The molecule has 0 saturated carbocycles. The second-order valence-electron chi connectivity index (χ2n) is 3.73. The summed E-state index contributed by atoms with van der Waals surface area (Å²) in [6.45, 7) is 4.44. The molecule has 0 heterocycles. The molecule has 110 valence electrons. The van der Waals surface area contributed by atoms with Crippen LogP contribution >= 0.6 is 0 Å². The van der Waals surface area contributed by atoms with E-state index in [1.165, 1.54) is 13.8 Å². The molecule has 0 rings (SSSR count). The Labute approximate surface area is 125 Å². The van der Waals surface area contributed by atoms with Gasteiger partial charge in [-0.05, 0) is 37.0 Å². The van der Waals surface area contributed by atoms with Crippen molar-refractivity contribution in [2.75, 3.05) is 6.61 Å². The summed E-state index contributed by atoms with van der Waals surface area (Å²) in [5.41, 5.74) is 0. The number of carbonyl (C=O) groups excluding carboxylic acids is 2. The van der Waals surface area contributed by atoms with Crippen LogP contribution in [0.25, 0.3) is 0 Å². The summed E-state index contributed by atoms with van der Waals surface area (Å²) in [4.78, 5) is 21.6. The van der Waals surface area contributed by atoms with E-state index in [9.17, 15) is 9.59 Å². The average Bonchev–Trinajstić information content (AvgIpc) is 2.42. The first kappa shape index (κ1) is 18.3. The van der Waals surface area contributed by atoms with Crippen LogP contribution in [0.4, 0.5) is 0 Å². The van der Waals surface area contributed by atoms with Crippen LogP contribution in [0.1, 0.15) is 20.8 Å². The average molecular weight is 286 g/mol. The highest BCUT2D eigenvalue weighted by atomic mass is 16.6. The van der Waals surface area contributed by atoms with Crippen molar-refractivity contribution in [3.05, 3.63) is 36.5 Å². The maximum atomic E-state index is 10.9. The quantitative estimate of drug-likeness (QED) is 0.441. The van der Waals surface area contributed by atoms with Gasteiger partial charge in [0.1, 0.15) is 6.61 Å². The lowest BCUT2D eigenvalue weighted by molar-refractivity contribution is -0.153. The minimum atomic E-state index is -0.613. The van der Waals surface area contributed by atoms with Crippen molar-refractivity contribution in [2.24, 2.45) is 0 Å². The first-order valence-electron chi connectivity index (χ1n) is 6.32. The van der Waals surface area contributed by atoms with E-state index in [2.05, 4.69) is 23.7 Å². The monoisotopic (exact) mass is 286 g/mol. The maximum absolute atomic E-state index is 10.9. The van der Waals surface area contributed by atoms with Gasteiger partial charge < -0.3 is 9.47 Å². The van der Waals surface area contributed by atoms with E-state index in [-0.39, 0.29) is 6.61 Å². The van der Waals surface area contributed by atoms with Crippen LogP contribution in [0.2, 0.25) is 0 Å². The Bertz CT molecular complexity index is 545. The molecule has 0 N–H and O–H groups in total. The van der Waals surface area contributed by atoms with Crippen LogP contribution in [-0.2, 0) is 19.1 Å². The van der Waals surface area contributed by atoms with Gasteiger partial charge in [-0.15, -0.1) is 0 Å². The predicted molar refractivity (Wildman–Crippen MR) is 80.8 cm³/mol. The van der Waals surface area contributed by atoms with E-state index in [0.29, 0.717) is 0 Å². The summed E-state index contributed by atoms with van der Waals surface area (Å²) >= 11 is 0. The molecule has 0 aliphatic carbocycles. The molecule has 1 atom stereocenters. The summed E-state index contributed by atoms with van der Waals surface area (Å²) < 4.78 is 9.76. The first-order chi connectivity index (χ1) is 10.1. The Hall–Kier alpha value is -2.72. The van der Waals surface area contributed by atoms with E-state index in [0.717, 1.165) is 0 Å². The van der Waals surface area contributed by atoms with E-state index in [1.807, 2.05) is 13.0 Å². The topological polar surface area (TPSA) is 52.6 Å². The molecule has 4 heteroatoms. The zero-order valence-electron chi connectivity index (χ0n) is 12.4. The van der Waals surface area contributed by atoms with Crippen molar-refractivity contribution in [3.8, 4) is 23.7 Å². The molecule has 0 fully saturated rings. The summed E-state index contributed by atoms with van der Waals surface area (Å²) in [6, 6.07) is 0. The van der Waals surface area contributed by atoms with E-state index < -0.39 is 18.0 Å². The van der Waals surface area contributed by atoms with E-state index in [1.54, 1.807) is 30.4 Å². The summed E-state index contributed by atoms with van der Waals surface area (Å²) in [5, 5.41) is 0. The number of ether oxygens (including phenoxy) is 2. The number of allylic oxidation sites excluding steroid dienone is 5. The second-order valence-corrected chi connectivity index (χ2v) is 3.73. The van der Waals surface area contributed by atoms with Crippen LogP contribution in [-0.4, -0.2) is 24.6 Å². The van der Waals surface area contributed by atoms with Gasteiger partial charge in [0.2, 0.25) is 0 Å². The minimum absolute atomic E-state index is 0.0141. The summed E-state index contributed by atoms with van der Waals surface area (Å²) in [7, 11) is 0. The SMILES string of the molecule is C/C=C/C#CC#C/C=C/C=C/[C@H](COC(C)=O)OC(C)=O. The Morgan fingerprint density at radius 1 is 1.05 bits per heavy atom. The number of esters is 2. The molecule has 0 saturated heterocycles. The molecule has 0 aliphatic heterocycles. The Morgan fingerprint density at radius 3 is 2.29 bits per heavy atom. The highest BCUT2D eigenvalue weighted by Crippen LogP contribution is 1.98. The molecular weight excluding hydrogens is 268 g/mol. The van der Waals surface area contributed by atoms with Gasteiger partial charge in [-0.2, -0.15) is 0 Å². The zero-order valence-corrected chi connectivity index (χ0v) is 12.4. The van der Waals surface area contributed by atoms with Crippen molar-refractivity contribution in [2.45, 2.75) is 26.9 Å². The molecule has 0 aromatic heterocycles. The van der Waals surface area contributed by atoms with Crippen molar-refractivity contribution < 1.29 is 19.1 Å². The van der Waals surface area contributed by atoms with Gasteiger partial charge in [0.25, 0.3) is 0 Å². The third-order valence-corrected chi connectivity index (χ3v) is 1.84. The lowest BCUT2D eigenvalue weighted by atomic mass is 10.3. The normalized spacial score (nSPS) is 11.6. The number of hydrogen-bond acceptors (Lipinski definition) is 4. The fourth-order valence-corrected chi connectivity index (χ4v) is 1.07. The van der Waals surface area contributed by atoms with Gasteiger partial charge >= 0.3 is 11.9 Å². The fourth-order valence-electron chi connectivity index (χ4n) is 1.07. The molecule has 0 unspecified atom stereocenters. The Kier molecular flexibility index (Phi) is 10.7. The molecule has 0 aromatic rings. The number of hydrogen-bond donors (Lipinski definition) is 0. The third kappa shape index (κ3) is 13.5. The number of rotatable bonds is 5. The van der Waals surface area contributed by atoms with Crippen molar-refractivity contribution >= 4 is 11.9 Å². The maximum Gasteiger partial charge on any atom is 0.303 e. The van der Waals surface area contributed by atoms with E-state index >= 15 is 0 Å². The van der Waals surface area contributed by atoms with Crippen LogP contribution in [0.5, 0.6) is 0 Å². The molecule has 0 spiro atoms. The van der Waals surface area contributed by atoms with Gasteiger partial charge in [0.05, 0.1) is 0 Å². The molecule has 0 aromatic carbocycles. The largest absolute Gasteiger partial charge is 0.462 e. The predicted octanol–water partition coefficient (Wildman–Crippen LogP) is 2.18. The first-order valence-corrected chi connectivity index (χ1v) is 6.32. The molecule has 0 amide bonds. The molecule has 0 aliphatic rings. The van der Waals surface area contributed by atoms with Crippen molar-refractivity contribution in [1.82, 2.24) is 0 Å². The molecular formula is C17H18O4. The molecule has 4 nitrogen and oxygen atoms in total. The second kappa shape index (κ2) is 12.3. The minimum Gasteiger partial charge on any atom is -0.462 e. The van der Waals surface area contributed by atoms with Gasteiger partial charge in [0.15, 0.2) is 6.10 Å². The summed E-state index contributed by atoms with van der Waals surface area (Å²) in [6.07, 6.45) is 9.46. The highest BCUT2D eigenvalue weighted by molar-refractivity contribution is 5.67. The van der Waals surface area contributed by atoms with Crippen LogP contribution in [0.15, 0.2) is 36.5 Å². The molecule has 0 bridgehead atoms. The fraction of sp³-hybridized carbons (Fsp3) is 0.294. The van der Waals surface area contributed by atoms with Crippen molar-refractivity contribution in [1.29, 1.82) is 0 Å². The Morgan fingerprint density at radius 2 is 1.71 bits per heavy atom. The summed E-state index contributed by atoms with van der Waals surface area (Å²) in [5.74, 6) is 9.87. The third-order valence-electron chi connectivity index (χ3n) is 1.84. The lowest BCUT2D eigenvalue weighted by Crippen LogP contribution is -2.21. The van der Waals surface area contributed by atoms with Crippen LogP contribution in [0, 0.1) is 23.7 Å². The Balaban J connectivity index is 4.39. The standard InChI is InChI=1S/C17H18O4/c1-4-5-6-7-8-9-10-11-12-13-17(21-16(3)19)14-20-15(2)18/h4-5,10-13,17H,14H2,1-3H3/b5-4+,11-10+,13-12+/t17-/m1/s1. The van der Waals surface area contributed by atoms with Crippen LogP contribution < -0.4 is 0 Å². The molecule has 21 heavy (non-hydrogen) atoms. The van der Waals surface area contributed by atoms with E-state index in [4.69, 9.17) is 9.47 Å². The highest BCUT2D eigenvalue weighted by Gasteiger charge is 2.09.